The lowest BCUT2D eigenvalue weighted by atomic mass is 9.99. The van der Waals surface area contributed by atoms with Gasteiger partial charge in [0.05, 0.1) is 6.26 Å². The fourth-order valence-electron chi connectivity index (χ4n) is 3.18. The Kier molecular flexibility index (Phi) is 4.39. The van der Waals surface area contributed by atoms with Crippen LogP contribution in [0.4, 0.5) is 5.82 Å². The Morgan fingerprint density at radius 3 is 2.73 bits per heavy atom. The van der Waals surface area contributed by atoms with Crippen molar-refractivity contribution in [1.82, 2.24) is 14.9 Å². The molecule has 3 aromatic rings. The van der Waals surface area contributed by atoms with Gasteiger partial charge in [0.15, 0.2) is 11.6 Å². The number of rotatable bonds is 5. The lowest BCUT2D eigenvalue weighted by Crippen LogP contribution is -2.52. The minimum absolute atomic E-state index is 0.0816. The maximum Gasteiger partial charge on any atom is 0.289 e. The van der Waals surface area contributed by atoms with Crippen molar-refractivity contribution in [1.29, 1.82) is 0 Å². The predicted octanol–water partition coefficient (Wildman–Crippen LogP) is 2.95. The van der Waals surface area contributed by atoms with Crippen molar-refractivity contribution in [3.63, 3.8) is 0 Å². The molecule has 6 nitrogen and oxygen atoms in total. The minimum atomic E-state index is -0.0816. The van der Waals surface area contributed by atoms with Crippen molar-refractivity contribution >= 4 is 11.7 Å². The van der Waals surface area contributed by atoms with E-state index in [0.717, 1.165) is 30.3 Å². The number of carbonyl (C=O) groups excluding carboxylic acids is 1. The Balaban J connectivity index is 1.36. The highest BCUT2D eigenvalue weighted by Crippen LogP contribution is 2.25. The first-order valence-electron chi connectivity index (χ1n) is 8.63. The normalized spacial score (nSPS) is 14.1. The maximum absolute atomic E-state index is 12.2. The van der Waals surface area contributed by atoms with Gasteiger partial charge in [0.1, 0.15) is 5.82 Å². The van der Waals surface area contributed by atoms with E-state index in [1.165, 1.54) is 6.26 Å². The first-order chi connectivity index (χ1) is 12.7. The second-order valence-corrected chi connectivity index (χ2v) is 6.54. The third-order valence-corrected chi connectivity index (χ3v) is 4.56. The molecular weight excluding hydrogens is 328 g/mol. The lowest BCUT2D eigenvalue weighted by Gasteiger charge is -2.41. The molecule has 2 aromatic heterocycles. The molecular formula is C20H20N4O2. The van der Waals surface area contributed by atoms with E-state index in [2.05, 4.69) is 14.9 Å². The molecule has 0 spiro atoms. The van der Waals surface area contributed by atoms with Crippen molar-refractivity contribution < 1.29 is 9.21 Å². The largest absolute Gasteiger partial charge is 0.459 e. The molecule has 0 bridgehead atoms. The molecule has 0 unspecified atom stereocenters. The van der Waals surface area contributed by atoms with Crippen LogP contribution in [0.1, 0.15) is 10.6 Å². The van der Waals surface area contributed by atoms with Gasteiger partial charge in [-0.3, -0.25) is 4.79 Å². The third-order valence-electron chi connectivity index (χ3n) is 4.56. The molecule has 1 amide bonds. The monoisotopic (exact) mass is 348 g/mol. The van der Waals surface area contributed by atoms with Gasteiger partial charge in [-0.05, 0) is 18.2 Å². The molecule has 0 atom stereocenters. The summed E-state index contributed by atoms with van der Waals surface area (Å²) in [6.45, 7) is 2.45. The summed E-state index contributed by atoms with van der Waals surface area (Å²) < 4.78 is 5.18. The van der Waals surface area contributed by atoms with Crippen LogP contribution in [-0.4, -0.2) is 47.5 Å². The highest BCUT2D eigenvalue weighted by molar-refractivity contribution is 5.91. The molecule has 1 aliphatic heterocycles. The number of hydrogen-bond donors (Lipinski definition) is 0. The second-order valence-electron chi connectivity index (χ2n) is 6.54. The quantitative estimate of drug-likeness (QED) is 0.709. The van der Waals surface area contributed by atoms with E-state index >= 15 is 0 Å². The molecule has 3 heterocycles. The van der Waals surface area contributed by atoms with Crippen molar-refractivity contribution in [3.8, 4) is 11.4 Å². The molecule has 1 aliphatic rings. The number of benzene rings is 1. The molecule has 4 rings (SSSR count). The van der Waals surface area contributed by atoms with E-state index < -0.39 is 0 Å². The highest BCUT2D eigenvalue weighted by atomic mass is 16.3. The number of aromatic nitrogens is 2. The van der Waals surface area contributed by atoms with Crippen molar-refractivity contribution in [3.05, 3.63) is 66.8 Å². The van der Waals surface area contributed by atoms with Gasteiger partial charge in [-0.1, -0.05) is 30.3 Å². The van der Waals surface area contributed by atoms with Crippen LogP contribution in [0.2, 0.25) is 0 Å². The molecule has 6 heteroatoms. The first kappa shape index (κ1) is 16.3. The van der Waals surface area contributed by atoms with Gasteiger partial charge in [0.25, 0.3) is 5.91 Å². The van der Waals surface area contributed by atoms with Gasteiger partial charge in [-0.15, -0.1) is 0 Å². The average Bonchev–Trinajstić information content (AvgIpc) is 3.19. The zero-order chi connectivity index (χ0) is 17.9. The van der Waals surface area contributed by atoms with E-state index in [1.807, 2.05) is 43.4 Å². The highest BCUT2D eigenvalue weighted by Gasteiger charge is 2.30. The van der Waals surface area contributed by atoms with Gasteiger partial charge in [-0.25, -0.2) is 9.97 Å². The van der Waals surface area contributed by atoms with Crippen LogP contribution in [0.15, 0.2) is 65.4 Å². The van der Waals surface area contributed by atoms with Crippen LogP contribution < -0.4 is 4.90 Å². The topological polar surface area (TPSA) is 62.5 Å². The fourth-order valence-corrected chi connectivity index (χ4v) is 3.18. The predicted molar refractivity (Wildman–Crippen MR) is 98.8 cm³/mol. The summed E-state index contributed by atoms with van der Waals surface area (Å²) in [7, 11) is 1.81. The zero-order valence-electron chi connectivity index (χ0n) is 14.6. The summed E-state index contributed by atoms with van der Waals surface area (Å²) in [5, 5.41) is 0. The van der Waals surface area contributed by atoms with E-state index in [4.69, 9.17) is 4.42 Å². The van der Waals surface area contributed by atoms with Crippen LogP contribution in [0.5, 0.6) is 0 Å². The smallest absolute Gasteiger partial charge is 0.289 e. The molecule has 1 saturated heterocycles. The van der Waals surface area contributed by atoms with Gasteiger partial charge in [0, 0.05) is 44.4 Å². The Morgan fingerprint density at radius 1 is 1.19 bits per heavy atom. The summed E-state index contributed by atoms with van der Waals surface area (Å²) >= 11 is 0. The molecule has 1 aromatic carbocycles. The van der Waals surface area contributed by atoms with Crippen molar-refractivity contribution in [2.24, 2.45) is 5.92 Å². The molecule has 0 radical (unpaired) electrons. The number of carbonyl (C=O) groups is 1. The first-order valence-corrected chi connectivity index (χ1v) is 8.63. The van der Waals surface area contributed by atoms with Crippen molar-refractivity contribution in [2.75, 3.05) is 31.6 Å². The van der Waals surface area contributed by atoms with Gasteiger partial charge < -0.3 is 14.2 Å². The van der Waals surface area contributed by atoms with Crippen molar-refractivity contribution in [2.45, 2.75) is 0 Å². The van der Waals surface area contributed by atoms with Gasteiger partial charge >= 0.3 is 0 Å². The van der Waals surface area contributed by atoms with Crippen LogP contribution in [0.25, 0.3) is 11.4 Å². The van der Waals surface area contributed by atoms with Crippen LogP contribution in [0, 0.1) is 5.92 Å². The summed E-state index contributed by atoms with van der Waals surface area (Å²) in [4.78, 5) is 25.2. The van der Waals surface area contributed by atoms with Gasteiger partial charge in [0.2, 0.25) is 0 Å². The van der Waals surface area contributed by atoms with E-state index in [9.17, 15) is 4.79 Å². The van der Waals surface area contributed by atoms with E-state index in [0.29, 0.717) is 18.2 Å². The summed E-state index contributed by atoms with van der Waals surface area (Å²) in [5.41, 5.74) is 1.01. The number of anilines is 1. The standard InChI is InChI=1S/C20H20N4O2/c1-23(20(25)17-8-5-11-26-17)12-15-13-24(14-15)18-9-10-21-19(22-18)16-6-3-2-4-7-16/h2-11,15H,12-14H2,1H3. The number of nitrogens with zero attached hydrogens (tertiary/aromatic N) is 4. The molecule has 1 fully saturated rings. The van der Waals surface area contributed by atoms with Crippen LogP contribution >= 0.6 is 0 Å². The number of amides is 1. The Labute approximate surface area is 152 Å². The molecule has 0 aliphatic carbocycles. The fraction of sp³-hybridized carbons (Fsp3) is 0.250. The van der Waals surface area contributed by atoms with E-state index in [-0.39, 0.29) is 5.91 Å². The Hall–Kier alpha value is -3.15. The maximum atomic E-state index is 12.2. The van der Waals surface area contributed by atoms with Crippen LogP contribution in [-0.2, 0) is 0 Å². The molecule has 132 valence electrons. The SMILES string of the molecule is CN(CC1CN(c2ccnc(-c3ccccc3)n2)C1)C(=O)c1ccco1. The number of furan rings is 1. The minimum Gasteiger partial charge on any atom is -0.459 e. The Bertz CT molecular complexity index is 874. The number of hydrogen-bond acceptors (Lipinski definition) is 5. The molecule has 26 heavy (non-hydrogen) atoms. The molecule has 0 N–H and O–H groups in total. The summed E-state index contributed by atoms with van der Waals surface area (Å²) in [5.74, 6) is 2.38. The van der Waals surface area contributed by atoms with Gasteiger partial charge in [-0.2, -0.15) is 0 Å². The summed E-state index contributed by atoms with van der Waals surface area (Å²) in [6, 6.07) is 15.3. The zero-order valence-corrected chi connectivity index (χ0v) is 14.6. The summed E-state index contributed by atoms with van der Waals surface area (Å²) in [6.07, 6.45) is 3.32. The van der Waals surface area contributed by atoms with Crippen LogP contribution in [0.3, 0.4) is 0 Å². The third kappa shape index (κ3) is 3.31. The molecule has 0 saturated carbocycles. The lowest BCUT2D eigenvalue weighted by molar-refractivity contribution is 0.0732. The second kappa shape index (κ2) is 7.00. The Morgan fingerprint density at radius 2 is 2.00 bits per heavy atom. The van der Waals surface area contributed by atoms with E-state index in [1.54, 1.807) is 23.2 Å². The average molecular weight is 348 g/mol.